The van der Waals surface area contributed by atoms with Gasteiger partial charge in [0.15, 0.2) is 5.82 Å². The molecule has 0 aliphatic carbocycles. The molecule has 1 fully saturated rings. The van der Waals surface area contributed by atoms with Crippen LogP contribution in [-0.4, -0.2) is 59.2 Å². The Hall–Kier alpha value is -1.86. The van der Waals surface area contributed by atoms with Crippen molar-refractivity contribution in [2.45, 2.75) is 0 Å². The quantitative estimate of drug-likeness (QED) is 0.692. The van der Waals surface area contributed by atoms with E-state index < -0.39 is 5.97 Å². The second-order valence-electron chi connectivity index (χ2n) is 4.33. The summed E-state index contributed by atoms with van der Waals surface area (Å²) in [5, 5.41) is 11.0. The molecule has 0 aromatic carbocycles. The number of nitrogens with one attached hydrogen (secondary N) is 1. The van der Waals surface area contributed by atoms with Gasteiger partial charge in [0.05, 0.1) is 11.3 Å². The molecule has 1 aliphatic rings. The van der Waals surface area contributed by atoms with Gasteiger partial charge >= 0.3 is 5.97 Å². The van der Waals surface area contributed by atoms with Crippen LogP contribution in [0.2, 0.25) is 0 Å². The number of hydrogen-bond acceptors (Lipinski definition) is 6. The predicted molar refractivity (Wildman–Crippen MR) is 68.3 cm³/mol. The van der Waals surface area contributed by atoms with Crippen LogP contribution in [0.4, 0.5) is 11.5 Å². The lowest BCUT2D eigenvalue weighted by Crippen LogP contribution is -2.47. The van der Waals surface area contributed by atoms with Gasteiger partial charge < -0.3 is 21.2 Å². The first kappa shape index (κ1) is 12.6. The van der Waals surface area contributed by atoms with Gasteiger partial charge in [-0.2, -0.15) is 0 Å². The third kappa shape index (κ3) is 2.69. The number of hydrogen-bond donors (Lipinski definition) is 3. The average Bonchev–Trinajstić information content (AvgIpc) is 2.34. The fourth-order valence-corrected chi connectivity index (χ4v) is 1.82. The van der Waals surface area contributed by atoms with Gasteiger partial charge in [0, 0.05) is 32.4 Å². The Bertz CT molecular complexity index is 443. The molecule has 4 N–H and O–H groups in total. The number of hydrazine groups is 1. The Morgan fingerprint density at radius 3 is 2.72 bits per heavy atom. The number of nitrogen functional groups attached to an aromatic ring is 1. The number of anilines is 2. The maximum atomic E-state index is 11.0. The van der Waals surface area contributed by atoms with Gasteiger partial charge in [-0.15, -0.1) is 0 Å². The number of aromatic carboxylic acids is 1. The molecule has 0 bridgehead atoms. The Morgan fingerprint density at radius 2 is 2.11 bits per heavy atom. The molecule has 0 atom stereocenters. The molecule has 1 aromatic rings. The Balaban J connectivity index is 2.10. The van der Waals surface area contributed by atoms with Crippen LogP contribution in [0.5, 0.6) is 0 Å². The number of rotatable bonds is 3. The number of nitrogens with zero attached hydrogens (tertiary/aromatic N) is 3. The van der Waals surface area contributed by atoms with E-state index in [2.05, 4.69) is 22.4 Å². The van der Waals surface area contributed by atoms with Gasteiger partial charge in [-0.1, -0.05) is 0 Å². The number of nitrogens with two attached hydrogens (primary N) is 1. The van der Waals surface area contributed by atoms with E-state index in [4.69, 9.17) is 10.8 Å². The molecule has 0 spiro atoms. The van der Waals surface area contributed by atoms with Gasteiger partial charge in [-0.05, 0) is 13.1 Å². The van der Waals surface area contributed by atoms with Crippen molar-refractivity contribution in [1.82, 2.24) is 14.9 Å². The fraction of sp³-hybridized carbons (Fsp3) is 0.455. The van der Waals surface area contributed by atoms with Gasteiger partial charge in [0.1, 0.15) is 0 Å². The summed E-state index contributed by atoms with van der Waals surface area (Å²) in [6.07, 6.45) is 1.44. The van der Waals surface area contributed by atoms with Crippen LogP contribution in [0, 0.1) is 0 Å². The zero-order valence-electron chi connectivity index (χ0n) is 10.3. The topological polar surface area (TPSA) is 94.7 Å². The monoisotopic (exact) mass is 251 g/mol. The second-order valence-corrected chi connectivity index (χ2v) is 4.33. The first-order valence-corrected chi connectivity index (χ1v) is 5.76. The lowest BCUT2D eigenvalue weighted by molar-refractivity contribution is 0.0698. The molecule has 18 heavy (non-hydrogen) atoms. The molecule has 1 aliphatic heterocycles. The third-order valence-electron chi connectivity index (χ3n) is 2.99. The van der Waals surface area contributed by atoms with E-state index in [1.54, 1.807) is 0 Å². The standard InChI is InChI=1S/C11H17N5O2/c1-15-4-6-16(7-5-15)14-10-9(12)8(11(17)18)2-3-13-10/h2-3H,4-7,12H2,1H3,(H,13,14)(H,17,18). The first-order chi connectivity index (χ1) is 8.58. The Labute approximate surface area is 105 Å². The van der Waals surface area contributed by atoms with Crippen LogP contribution in [0.25, 0.3) is 0 Å². The number of piperazine rings is 1. The summed E-state index contributed by atoms with van der Waals surface area (Å²) < 4.78 is 0. The summed E-state index contributed by atoms with van der Waals surface area (Å²) in [7, 11) is 2.06. The van der Waals surface area contributed by atoms with Gasteiger partial charge in [0.25, 0.3) is 0 Å². The number of carboxylic acids is 1. The number of carboxylic acid groups (broad SMARTS) is 1. The van der Waals surface area contributed by atoms with E-state index in [1.165, 1.54) is 12.3 Å². The number of pyridine rings is 1. The van der Waals surface area contributed by atoms with Crippen LogP contribution in [0.15, 0.2) is 12.3 Å². The van der Waals surface area contributed by atoms with Gasteiger partial charge in [-0.25, -0.2) is 14.8 Å². The van der Waals surface area contributed by atoms with E-state index in [0.29, 0.717) is 5.82 Å². The van der Waals surface area contributed by atoms with E-state index in [0.717, 1.165) is 26.2 Å². The van der Waals surface area contributed by atoms with E-state index in [-0.39, 0.29) is 11.3 Å². The maximum Gasteiger partial charge on any atom is 0.337 e. The van der Waals surface area contributed by atoms with E-state index in [1.807, 2.05) is 5.01 Å². The van der Waals surface area contributed by atoms with E-state index in [9.17, 15) is 4.79 Å². The summed E-state index contributed by atoms with van der Waals surface area (Å²) in [4.78, 5) is 17.3. The minimum atomic E-state index is -1.05. The maximum absolute atomic E-state index is 11.0. The molecule has 0 saturated carbocycles. The molecule has 98 valence electrons. The molecule has 7 nitrogen and oxygen atoms in total. The molecule has 0 amide bonds. The molecular formula is C11H17N5O2. The Kier molecular flexibility index (Phi) is 3.63. The van der Waals surface area contributed by atoms with Crippen LogP contribution >= 0.6 is 0 Å². The number of likely N-dealkylation sites (N-methyl/N-ethyl adjacent to an activating group) is 1. The number of aromatic nitrogens is 1. The van der Waals surface area contributed by atoms with Crippen molar-refractivity contribution < 1.29 is 9.90 Å². The zero-order chi connectivity index (χ0) is 13.1. The van der Waals surface area contributed by atoms with Crippen LogP contribution < -0.4 is 11.2 Å². The molecule has 1 saturated heterocycles. The SMILES string of the molecule is CN1CCN(Nc2nccc(C(=O)O)c2N)CC1. The smallest absolute Gasteiger partial charge is 0.337 e. The minimum absolute atomic E-state index is 0.0710. The van der Waals surface area contributed by atoms with Crippen molar-refractivity contribution in [3.05, 3.63) is 17.8 Å². The van der Waals surface area contributed by atoms with Crippen molar-refractivity contribution in [1.29, 1.82) is 0 Å². The van der Waals surface area contributed by atoms with Crippen molar-refractivity contribution in [3.63, 3.8) is 0 Å². The normalized spacial score (nSPS) is 17.6. The molecule has 2 rings (SSSR count). The van der Waals surface area contributed by atoms with E-state index >= 15 is 0 Å². The molecular weight excluding hydrogens is 234 g/mol. The summed E-state index contributed by atoms with van der Waals surface area (Å²) in [5.41, 5.74) is 9.10. The van der Waals surface area contributed by atoms with Crippen molar-refractivity contribution in [2.75, 3.05) is 44.4 Å². The second kappa shape index (κ2) is 5.19. The first-order valence-electron chi connectivity index (χ1n) is 5.76. The highest BCUT2D eigenvalue weighted by Gasteiger charge is 2.17. The van der Waals surface area contributed by atoms with Crippen LogP contribution in [0.1, 0.15) is 10.4 Å². The van der Waals surface area contributed by atoms with Gasteiger partial charge in [0.2, 0.25) is 0 Å². The van der Waals surface area contributed by atoms with Crippen LogP contribution in [0.3, 0.4) is 0 Å². The zero-order valence-corrected chi connectivity index (χ0v) is 10.3. The largest absolute Gasteiger partial charge is 0.478 e. The third-order valence-corrected chi connectivity index (χ3v) is 2.99. The van der Waals surface area contributed by atoms with Crippen molar-refractivity contribution >= 4 is 17.5 Å². The highest BCUT2D eigenvalue weighted by molar-refractivity contribution is 5.96. The summed E-state index contributed by atoms with van der Waals surface area (Å²) in [6.45, 7) is 3.58. The molecule has 2 heterocycles. The average molecular weight is 251 g/mol. The minimum Gasteiger partial charge on any atom is -0.478 e. The fourth-order valence-electron chi connectivity index (χ4n) is 1.82. The molecule has 0 radical (unpaired) electrons. The highest BCUT2D eigenvalue weighted by atomic mass is 16.4. The lowest BCUT2D eigenvalue weighted by atomic mass is 10.2. The summed E-state index contributed by atoms with van der Waals surface area (Å²) >= 11 is 0. The Morgan fingerprint density at radius 1 is 1.44 bits per heavy atom. The van der Waals surface area contributed by atoms with Gasteiger partial charge in [-0.3, -0.25) is 0 Å². The van der Waals surface area contributed by atoms with Crippen molar-refractivity contribution in [3.8, 4) is 0 Å². The molecule has 7 heteroatoms. The molecule has 0 unspecified atom stereocenters. The highest BCUT2D eigenvalue weighted by Crippen LogP contribution is 2.20. The summed E-state index contributed by atoms with van der Waals surface area (Å²) in [5.74, 6) is -0.643. The lowest BCUT2D eigenvalue weighted by Gasteiger charge is -2.32. The number of carbonyl (C=O) groups is 1. The van der Waals surface area contributed by atoms with Crippen molar-refractivity contribution in [2.24, 2.45) is 0 Å². The molecule has 1 aromatic heterocycles. The summed E-state index contributed by atoms with van der Waals surface area (Å²) in [6, 6.07) is 1.40. The predicted octanol–water partition coefficient (Wildman–Crippen LogP) is -0.0637. The van der Waals surface area contributed by atoms with Crippen LogP contribution in [-0.2, 0) is 0 Å².